The van der Waals surface area contributed by atoms with Crippen molar-refractivity contribution in [1.82, 2.24) is 19.4 Å². The van der Waals surface area contributed by atoms with E-state index in [1.54, 1.807) is 29.2 Å². The second kappa shape index (κ2) is 7.60. The van der Waals surface area contributed by atoms with Crippen molar-refractivity contribution in [3.05, 3.63) is 91.1 Å². The lowest BCUT2D eigenvalue weighted by Gasteiger charge is -2.32. The summed E-state index contributed by atoms with van der Waals surface area (Å²) in [5.74, 6) is -0.892. The van der Waals surface area contributed by atoms with Crippen molar-refractivity contribution in [2.45, 2.75) is 18.9 Å². The minimum atomic E-state index is -0.507. The molecular formula is C23H19FN4O4. The Morgan fingerprint density at radius 2 is 1.62 bits per heavy atom. The van der Waals surface area contributed by atoms with Gasteiger partial charge in [-0.05, 0) is 43.2 Å². The second-order valence-electron chi connectivity index (χ2n) is 7.91. The Kier molecular flexibility index (Phi) is 4.73. The average molecular weight is 434 g/mol. The maximum Gasteiger partial charge on any atom is 0.329 e. The highest BCUT2D eigenvalue weighted by Crippen LogP contribution is 2.24. The Morgan fingerprint density at radius 3 is 2.41 bits per heavy atom. The topological polar surface area (TPSA) is 108 Å². The van der Waals surface area contributed by atoms with Crippen LogP contribution in [0.3, 0.4) is 0 Å². The molecular weight excluding hydrogens is 415 g/mol. The number of nitrogens with one attached hydrogen (secondary N) is 2. The van der Waals surface area contributed by atoms with E-state index in [4.69, 9.17) is 0 Å². The van der Waals surface area contributed by atoms with E-state index in [1.165, 1.54) is 28.8 Å². The number of hydrogen-bond donors (Lipinski definition) is 2. The number of halogens is 1. The van der Waals surface area contributed by atoms with E-state index in [2.05, 4.69) is 9.97 Å². The lowest BCUT2D eigenvalue weighted by Crippen LogP contribution is -2.45. The molecule has 1 aliphatic heterocycles. The van der Waals surface area contributed by atoms with Gasteiger partial charge in [-0.2, -0.15) is 0 Å². The van der Waals surface area contributed by atoms with Crippen molar-refractivity contribution < 1.29 is 9.18 Å². The number of carbonyl (C=O) groups is 1. The standard InChI is InChI=1S/C23H19FN4O4/c24-13-5-6-19-16(11-13)17(12-20(29)25-19)21(30)27-9-7-14(8-10-27)28-22(31)15-3-1-2-4-18(15)26-23(28)32/h1-6,11-12,14H,7-10H2,(H,25,29)(H,26,32). The van der Waals surface area contributed by atoms with Gasteiger partial charge in [0.05, 0.1) is 16.5 Å². The van der Waals surface area contributed by atoms with Crippen molar-refractivity contribution >= 4 is 27.7 Å². The predicted molar refractivity (Wildman–Crippen MR) is 118 cm³/mol. The SMILES string of the molecule is O=C(c1cc(=O)[nH]c2ccc(F)cc12)N1CCC(n2c(=O)[nH]c3ccccc3c2=O)CC1. The summed E-state index contributed by atoms with van der Waals surface area (Å²) in [6, 6.07) is 11.5. The van der Waals surface area contributed by atoms with Gasteiger partial charge in [-0.25, -0.2) is 9.18 Å². The molecule has 3 heterocycles. The molecule has 0 atom stereocenters. The van der Waals surface area contributed by atoms with Crippen LogP contribution in [0.5, 0.6) is 0 Å². The maximum absolute atomic E-state index is 13.8. The molecule has 5 rings (SSSR count). The summed E-state index contributed by atoms with van der Waals surface area (Å²) in [6.07, 6.45) is 0.811. The van der Waals surface area contributed by atoms with Crippen molar-refractivity contribution in [3.8, 4) is 0 Å². The quantitative estimate of drug-likeness (QED) is 0.504. The summed E-state index contributed by atoms with van der Waals surface area (Å²) in [7, 11) is 0. The van der Waals surface area contributed by atoms with Crippen molar-refractivity contribution in [2.75, 3.05) is 13.1 Å². The maximum atomic E-state index is 13.8. The van der Waals surface area contributed by atoms with E-state index < -0.39 is 17.1 Å². The van der Waals surface area contributed by atoms with E-state index in [-0.39, 0.29) is 23.1 Å². The zero-order chi connectivity index (χ0) is 22.4. The molecule has 0 spiro atoms. The minimum absolute atomic E-state index is 0.127. The number of aromatic amines is 2. The first kappa shape index (κ1) is 19.9. The molecule has 1 amide bonds. The Bertz CT molecular complexity index is 1540. The largest absolute Gasteiger partial charge is 0.338 e. The molecule has 2 aromatic heterocycles. The molecule has 162 valence electrons. The fourth-order valence-corrected chi connectivity index (χ4v) is 4.41. The van der Waals surface area contributed by atoms with Gasteiger partial charge >= 0.3 is 5.69 Å². The summed E-state index contributed by atoms with van der Waals surface area (Å²) in [4.78, 5) is 57.5. The third-order valence-corrected chi connectivity index (χ3v) is 5.99. The van der Waals surface area contributed by atoms with Gasteiger partial charge in [-0.1, -0.05) is 12.1 Å². The number of carbonyl (C=O) groups excluding carboxylic acids is 1. The Labute approximate surface area is 179 Å². The van der Waals surface area contributed by atoms with Gasteiger partial charge < -0.3 is 14.9 Å². The summed E-state index contributed by atoms with van der Waals surface area (Å²) >= 11 is 0. The zero-order valence-corrected chi connectivity index (χ0v) is 16.9. The molecule has 2 N–H and O–H groups in total. The zero-order valence-electron chi connectivity index (χ0n) is 16.9. The molecule has 2 aromatic carbocycles. The van der Waals surface area contributed by atoms with E-state index in [9.17, 15) is 23.6 Å². The molecule has 0 bridgehead atoms. The first-order valence-corrected chi connectivity index (χ1v) is 10.3. The average Bonchev–Trinajstić information content (AvgIpc) is 2.79. The number of hydrogen-bond acceptors (Lipinski definition) is 4. The number of piperidine rings is 1. The molecule has 0 radical (unpaired) electrons. The van der Waals surface area contributed by atoms with Crippen LogP contribution in [0.1, 0.15) is 29.2 Å². The monoisotopic (exact) mass is 434 g/mol. The van der Waals surface area contributed by atoms with Crippen molar-refractivity contribution in [3.63, 3.8) is 0 Å². The number of fused-ring (bicyclic) bond motifs is 2. The van der Waals surface area contributed by atoms with Crippen LogP contribution < -0.4 is 16.8 Å². The first-order chi connectivity index (χ1) is 15.4. The van der Waals surface area contributed by atoms with Crippen LogP contribution in [0.25, 0.3) is 21.8 Å². The second-order valence-corrected chi connectivity index (χ2v) is 7.91. The van der Waals surface area contributed by atoms with Crippen molar-refractivity contribution in [1.29, 1.82) is 0 Å². The van der Waals surface area contributed by atoms with Crippen LogP contribution in [0, 0.1) is 5.82 Å². The number of pyridine rings is 1. The fourth-order valence-electron chi connectivity index (χ4n) is 4.41. The number of benzene rings is 2. The predicted octanol–water partition coefficient (Wildman–Crippen LogP) is 2.15. The third-order valence-electron chi connectivity index (χ3n) is 5.99. The van der Waals surface area contributed by atoms with Crippen LogP contribution in [0.15, 0.2) is 62.9 Å². The highest BCUT2D eigenvalue weighted by atomic mass is 19.1. The summed E-state index contributed by atoms with van der Waals surface area (Å²) < 4.78 is 15.0. The normalized spacial score (nSPS) is 14.8. The van der Waals surface area contributed by atoms with Gasteiger partial charge in [0, 0.05) is 36.1 Å². The summed E-state index contributed by atoms with van der Waals surface area (Å²) in [5.41, 5.74) is -0.287. The molecule has 32 heavy (non-hydrogen) atoms. The number of H-pyrrole nitrogens is 2. The van der Waals surface area contributed by atoms with Crippen LogP contribution in [0.4, 0.5) is 4.39 Å². The Balaban J connectivity index is 1.43. The van der Waals surface area contributed by atoms with Gasteiger partial charge in [0.2, 0.25) is 5.56 Å². The molecule has 0 aliphatic carbocycles. The molecule has 1 aliphatic rings. The van der Waals surface area contributed by atoms with Gasteiger partial charge in [0.1, 0.15) is 5.82 Å². The Morgan fingerprint density at radius 1 is 0.906 bits per heavy atom. The van der Waals surface area contributed by atoms with E-state index in [0.717, 1.165) is 0 Å². The molecule has 0 saturated carbocycles. The summed E-state index contributed by atoms with van der Waals surface area (Å²) in [6.45, 7) is 0.595. The third kappa shape index (κ3) is 3.31. The number of rotatable bonds is 2. The van der Waals surface area contributed by atoms with E-state index in [0.29, 0.717) is 47.7 Å². The van der Waals surface area contributed by atoms with Crippen LogP contribution in [-0.2, 0) is 0 Å². The Hall–Kier alpha value is -4.01. The molecule has 4 aromatic rings. The summed E-state index contributed by atoms with van der Waals surface area (Å²) in [5, 5.41) is 0.765. The first-order valence-electron chi connectivity index (χ1n) is 10.3. The number of nitrogens with zero attached hydrogens (tertiary/aromatic N) is 2. The highest BCUT2D eigenvalue weighted by molar-refractivity contribution is 6.06. The van der Waals surface area contributed by atoms with Gasteiger partial charge in [-0.3, -0.25) is 19.0 Å². The molecule has 1 saturated heterocycles. The van der Waals surface area contributed by atoms with E-state index >= 15 is 0 Å². The lowest BCUT2D eigenvalue weighted by atomic mass is 10.0. The van der Waals surface area contributed by atoms with Gasteiger partial charge in [0.25, 0.3) is 11.5 Å². The highest BCUT2D eigenvalue weighted by Gasteiger charge is 2.28. The van der Waals surface area contributed by atoms with Gasteiger partial charge in [-0.15, -0.1) is 0 Å². The van der Waals surface area contributed by atoms with Crippen molar-refractivity contribution in [2.24, 2.45) is 0 Å². The smallest absolute Gasteiger partial charge is 0.329 e. The van der Waals surface area contributed by atoms with Crippen LogP contribution in [-0.4, -0.2) is 38.4 Å². The molecule has 0 unspecified atom stereocenters. The van der Waals surface area contributed by atoms with Crippen LogP contribution in [0.2, 0.25) is 0 Å². The van der Waals surface area contributed by atoms with E-state index in [1.807, 2.05) is 0 Å². The number of aromatic nitrogens is 3. The number of likely N-dealkylation sites (tertiary alicyclic amines) is 1. The number of para-hydroxylation sites is 1. The molecule has 1 fully saturated rings. The van der Waals surface area contributed by atoms with Crippen LogP contribution >= 0.6 is 0 Å². The number of amides is 1. The lowest BCUT2D eigenvalue weighted by molar-refractivity contribution is 0.0694. The molecule has 8 nitrogen and oxygen atoms in total. The molecule has 9 heteroatoms. The fraction of sp³-hybridized carbons (Fsp3) is 0.217. The van der Waals surface area contributed by atoms with Gasteiger partial charge in [0.15, 0.2) is 0 Å². The minimum Gasteiger partial charge on any atom is -0.338 e.